The number of nitrogens with zero attached hydrogens (tertiary/aromatic N) is 1. The molecular weight excluding hydrogens is 212 g/mol. The molecule has 0 aliphatic carbocycles. The van der Waals surface area contributed by atoms with Crippen LogP contribution in [0.1, 0.15) is 17.4 Å². The summed E-state index contributed by atoms with van der Waals surface area (Å²) in [6.45, 7) is 1.81. The van der Waals surface area contributed by atoms with Crippen LogP contribution >= 0.6 is 22.9 Å². The molecule has 1 amide bonds. The monoisotopic (exact) mass is 220 g/mol. The number of halogens is 1. The number of carbonyl (C=O) groups excluding carboxylic acids is 1. The van der Waals surface area contributed by atoms with E-state index in [0.29, 0.717) is 4.47 Å². The molecule has 6 heteroatoms. The van der Waals surface area contributed by atoms with Gasteiger partial charge in [-0.3, -0.25) is 4.79 Å². The Bertz CT molecular complexity index is 300. The van der Waals surface area contributed by atoms with Crippen LogP contribution in [-0.4, -0.2) is 28.6 Å². The average molecular weight is 221 g/mol. The van der Waals surface area contributed by atoms with Gasteiger partial charge < -0.3 is 10.4 Å². The van der Waals surface area contributed by atoms with Crippen molar-refractivity contribution in [3.63, 3.8) is 0 Å². The molecule has 1 aromatic rings. The van der Waals surface area contributed by atoms with Gasteiger partial charge in [0.15, 0.2) is 4.47 Å². The lowest BCUT2D eigenvalue weighted by molar-refractivity contribution is 0.0920. The second-order valence-electron chi connectivity index (χ2n) is 2.54. The Morgan fingerprint density at radius 3 is 3.08 bits per heavy atom. The van der Waals surface area contributed by atoms with Crippen LogP contribution in [0.4, 0.5) is 0 Å². The van der Waals surface area contributed by atoms with Gasteiger partial charge in [0.2, 0.25) is 0 Å². The van der Waals surface area contributed by atoms with Crippen molar-refractivity contribution in [3.8, 4) is 0 Å². The minimum absolute atomic E-state index is 0.216. The van der Waals surface area contributed by atoms with Crippen molar-refractivity contribution in [2.45, 2.75) is 13.0 Å². The van der Waals surface area contributed by atoms with Crippen LogP contribution in [0.2, 0.25) is 4.47 Å². The molecule has 0 aliphatic heterocycles. The Hall–Kier alpha value is -0.650. The van der Waals surface area contributed by atoms with Crippen LogP contribution in [0.3, 0.4) is 0 Å². The number of aliphatic hydroxyl groups is 1. The molecule has 0 fully saturated rings. The van der Waals surface area contributed by atoms with E-state index in [2.05, 4.69) is 10.3 Å². The summed E-state index contributed by atoms with van der Waals surface area (Å²) in [7, 11) is 0. The number of carbonyl (C=O) groups is 1. The fourth-order valence-corrected chi connectivity index (χ4v) is 1.43. The van der Waals surface area contributed by atoms with E-state index in [4.69, 9.17) is 16.7 Å². The minimum atomic E-state index is -0.557. The molecule has 4 nitrogen and oxygen atoms in total. The lowest BCUT2D eigenvalue weighted by Crippen LogP contribution is -2.30. The Balaban J connectivity index is 2.49. The van der Waals surface area contributed by atoms with Gasteiger partial charge in [0, 0.05) is 11.9 Å². The van der Waals surface area contributed by atoms with E-state index >= 15 is 0 Å². The summed E-state index contributed by atoms with van der Waals surface area (Å²) < 4.78 is 0.335. The van der Waals surface area contributed by atoms with Crippen molar-refractivity contribution in [2.75, 3.05) is 6.54 Å². The number of nitrogens with one attached hydrogen (secondary N) is 1. The van der Waals surface area contributed by atoms with Crippen molar-refractivity contribution >= 4 is 28.8 Å². The summed E-state index contributed by atoms with van der Waals surface area (Å²) in [4.78, 5) is 15.0. The molecule has 0 aliphatic rings. The first kappa shape index (κ1) is 10.4. The largest absolute Gasteiger partial charge is 0.392 e. The van der Waals surface area contributed by atoms with E-state index in [1.54, 1.807) is 12.3 Å². The van der Waals surface area contributed by atoms with E-state index in [1.165, 1.54) is 11.3 Å². The maximum absolute atomic E-state index is 11.2. The van der Waals surface area contributed by atoms with Crippen molar-refractivity contribution in [1.29, 1.82) is 0 Å². The normalized spacial score (nSPS) is 12.5. The number of aromatic nitrogens is 1. The lowest BCUT2D eigenvalue weighted by Gasteiger charge is -2.04. The zero-order valence-electron chi connectivity index (χ0n) is 6.95. The van der Waals surface area contributed by atoms with Crippen LogP contribution in [0, 0.1) is 0 Å². The molecule has 13 heavy (non-hydrogen) atoms. The maximum Gasteiger partial charge on any atom is 0.270 e. The van der Waals surface area contributed by atoms with Crippen LogP contribution in [0.15, 0.2) is 5.38 Å². The Kier molecular flexibility index (Phi) is 3.65. The highest BCUT2D eigenvalue weighted by Crippen LogP contribution is 2.14. The number of aliphatic hydroxyl groups excluding tert-OH is 1. The van der Waals surface area contributed by atoms with Crippen molar-refractivity contribution in [1.82, 2.24) is 10.3 Å². The van der Waals surface area contributed by atoms with Crippen molar-refractivity contribution in [2.24, 2.45) is 0 Å². The topological polar surface area (TPSA) is 62.2 Å². The summed E-state index contributed by atoms with van der Waals surface area (Å²) in [5.74, 6) is -0.316. The molecule has 1 rings (SSSR count). The number of hydrogen-bond donors (Lipinski definition) is 2. The molecule has 0 unspecified atom stereocenters. The smallest absolute Gasteiger partial charge is 0.270 e. The molecule has 72 valence electrons. The molecule has 2 N–H and O–H groups in total. The summed E-state index contributed by atoms with van der Waals surface area (Å²) in [5, 5.41) is 13.0. The predicted octanol–water partition coefficient (Wildman–Crippen LogP) is 0.907. The van der Waals surface area contributed by atoms with Gasteiger partial charge in [-0.25, -0.2) is 4.98 Å². The van der Waals surface area contributed by atoms with Gasteiger partial charge in [0.25, 0.3) is 5.91 Å². The molecule has 0 spiro atoms. The molecule has 1 heterocycles. The van der Waals surface area contributed by atoms with Crippen LogP contribution < -0.4 is 5.32 Å². The van der Waals surface area contributed by atoms with E-state index in [9.17, 15) is 4.79 Å². The number of hydrogen-bond acceptors (Lipinski definition) is 4. The maximum atomic E-state index is 11.2. The summed E-state index contributed by atoms with van der Waals surface area (Å²) >= 11 is 6.74. The Morgan fingerprint density at radius 2 is 2.62 bits per heavy atom. The molecule has 0 aromatic carbocycles. The van der Waals surface area contributed by atoms with Crippen molar-refractivity contribution < 1.29 is 9.90 Å². The molecule has 0 saturated heterocycles. The zero-order chi connectivity index (χ0) is 9.84. The molecule has 1 atom stereocenters. The lowest BCUT2D eigenvalue weighted by atomic mass is 10.4. The van der Waals surface area contributed by atoms with Crippen molar-refractivity contribution in [3.05, 3.63) is 15.5 Å². The fraction of sp³-hybridized carbons (Fsp3) is 0.429. The van der Waals surface area contributed by atoms with E-state index in [0.717, 1.165) is 0 Å². The standard InChI is InChI=1S/C7H9ClN2O2S/c1-4(11)2-9-6(12)5-3-13-7(8)10-5/h3-4,11H,2H2,1H3,(H,9,12)/t4-/m1/s1. The molecule has 0 bridgehead atoms. The van der Waals surface area contributed by atoms with E-state index in [1.807, 2.05) is 0 Å². The quantitative estimate of drug-likeness (QED) is 0.796. The van der Waals surface area contributed by atoms with Gasteiger partial charge in [-0.2, -0.15) is 0 Å². The van der Waals surface area contributed by atoms with Crippen LogP contribution in [-0.2, 0) is 0 Å². The summed E-state index contributed by atoms with van der Waals surface area (Å²) in [6.07, 6.45) is -0.557. The van der Waals surface area contributed by atoms with Gasteiger partial charge in [-0.05, 0) is 6.92 Å². The van der Waals surface area contributed by atoms with Crippen LogP contribution in [0.5, 0.6) is 0 Å². The highest BCUT2D eigenvalue weighted by atomic mass is 35.5. The second-order valence-corrected chi connectivity index (χ2v) is 3.98. The molecular formula is C7H9ClN2O2S. The highest BCUT2D eigenvalue weighted by molar-refractivity contribution is 7.14. The summed E-state index contributed by atoms with van der Waals surface area (Å²) in [6, 6.07) is 0. The Morgan fingerprint density at radius 1 is 1.92 bits per heavy atom. The third-order valence-electron chi connectivity index (χ3n) is 1.27. The SMILES string of the molecule is C[C@@H](O)CNC(=O)c1csc(Cl)n1. The van der Waals surface area contributed by atoms with Gasteiger partial charge in [0.05, 0.1) is 6.10 Å². The average Bonchev–Trinajstić information content (AvgIpc) is 2.47. The van der Waals surface area contributed by atoms with Gasteiger partial charge in [-0.1, -0.05) is 11.6 Å². The summed E-state index contributed by atoms with van der Waals surface area (Å²) in [5.41, 5.74) is 0.288. The molecule has 0 radical (unpaired) electrons. The second kappa shape index (κ2) is 4.55. The van der Waals surface area contributed by atoms with Gasteiger partial charge >= 0.3 is 0 Å². The van der Waals surface area contributed by atoms with Crippen LogP contribution in [0.25, 0.3) is 0 Å². The first-order chi connectivity index (χ1) is 6.09. The van der Waals surface area contributed by atoms with E-state index in [-0.39, 0.29) is 18.1 Å². The molecule has 0 saturated carbocycles. The number of amides is 1. The predicted molar refractivity (Wildman–Crippen MR) is 51.1 cm³/mol. The molecule has 1 aromatic heterocycles. The number of rotatable bonds is 3. The Labute approximate surface area is 84.6 Å². The first-order valence-corrected chi connectivity index (χ1v) is 4.92. The van der Waals surface area contributed by atoms with Gasteiger partial charge in [-0.15, -0.1) is 11.3 Å². The fourth-order valence-electron chi connectivity index (χ4n) is 0.687. The van der Waals surface area contributed by atoms with Gasteiger partial charge in [0.1, 0.15) is 5.69 Å². The number of thiazole rings is 1. The highest BCUT2D eigenvalue weighted by Gasteiger charge is 2.09. The first-order valence-electron chi connectivity index (χ1n) is 3.67. The van der Waals surface area contributed by atoms with E-state index < -0.39 is 6.10 Å². The third-order valence-corrected chi connectivity index (χ3v) is 2.25. The minimum Gasteiger partial charge on any atom is -0.392 e. The third kappa shape index (κ3) is 3.30. The zero-order valence-corrected chi connectivity index (χ0v) is 8.52.